The zero-order valence-corrected chi connectivity index (χ0v) is 17.7. The molecular formula is C23H27NO4S. The first-order valence-corrected chi connectivity index (χ1v) is 11.3. The minimum absolute atomic E-state index is 0.266. The molecule has 154 valence electrons. The highest BCUT2D eigenvalue weighted by atomic mass is 32.2. The molecule has 5 nitrogen and oxygen atoms in total. The molecule has 0 radical (unpaired) electrons. The largest absolute Gasteiger partial charge is 0.497 e. The van der Waals surface area contributed by atoms with Gasteiger partial charge in [0.25, 0.3) is 0 Å². The van der Waals surface area contributed by atoms with E-state index in [1.807, 2.05) is 42.5 Å². The van der Waals surface area contributed by atoms with E-state index in [-0.39, 0.29) is 4.90 Å². The van der Waals surface area contributed by atoms with Crippen molar-refractivity contribution in [3.8, 4) is 11.5 Å². The van der Waals surface area contributed by atoms with E-state index in [0.717, 1.165) is 40.7 Å². The Morgan fingerprint density at radius 2 is 1.72 bits per heavy atom. The van der Waals surface area contributed by atoms with Gasteiger partial charge in [-0.25, -0.2) is 13.1 Å². The van der Waals surface area contributed by atoms with Crippen molar-refractivity contribution in [2.75, 3.05) is 20.3 Å². The van der Waals surface area contributed by atoms with Gasteiger partial charge in [-0.15, -0.1) is 0 Å². The van der Waals surface area contributed by atoms with Crippen LogP contribution in [0.2, 0.25) is 0 Å². The summed E-state index contributed by atoms with van der Waals surface area (Å²) >= 11 is 0. The standard InChI is InChI=1S/C23H27NO4S/c1-3-15-28-23-9-5-4-7-18(23)8-6-14-24-29(25,26)22-13-11-19-16-21(27-2)12-10-20(19)17-22/h4-5,7,9-13,16-17,24H,3,6,8,14-15H2,1-2H3. The van der Waals surface area contributed by atoms with Gasteiger partial charge < -0.3 is 9.47 Å². The van der Waals surface area contributed by atoms with Crippen LogP contribution in [0.5, 0.6) is 11.5 Å². The van der Waals surface area contributed by atoms with Gasteiger partial charge in [-0.05, 0) is 65.9 Å². The van der Waals surface area contributed by atoms with Crippen LogP contribution in [-0.4, -0.2) is 28.7 Å². The lowest BCUT2D eigenvalue weighted by Gasteiger charge is -2.11. The van der Waals surface area contributed by atoms with Gasteiger partial charge in [0.05, 0.1) is 18.6 Å². The van der Waals surface area contributed by atoms with Crippen LogP contribution in [0.25, 0.3) is 10.8 Å². The van der Waals surface area contributed by atoms with Crippen LogP contribution in [0.15, 0.2) is 65.6 Å². The van der Waals surface area contributed by atoms with E-state index in [4.69, 9.17) is 9.47 Å². The number of benzene rings is 3. The minimum atomic E-state index is -3.56. The molecule has 0 aliphatic carbocycles. The number of aryl methyl sites for hydroxylation is 1. The van der Waals surface area contributed by atoms with Crippen molar-refractivity contribution in [2.24, 2.45) is 0 Å². The predicted octanol–water partition coefficient (Wildman–Crippen LogP) is 4.55. The monoisotopic (exact) mass is 413 g/mol. The zero-order valence-electron chi connectivity index (χ0n) is 16.9. The number of sulfonamides is 1. The molecule has 0 saturated carbocycles. The highest BCUT2D eigenvalue weighted by molar-refractivity contribution is 7.89. The summed E-state index contributed by atoms with van der Waals surface area (Å²) in [7, 11) is -1.95. The third-order valence-corrected chi connectivity index (χ3v) is 6.14. The Morgan fingerprint density at radius 1 is 0.966 bits per heavy atom. The molecule has 0 saturated heterocycles. The number of hydrogen-bond acceptors (Lipinski definition) is 4. The molecule has 0 aliphatic heterocycles. The van der Waals surface area contributed by atoms with Gasteiger partial charge in [0.2, 0.25) is 10.0 Å². The quantitative estimate of drug-likeness (QED) is 0.495. The van der Waals surface area contributed by atoms with E-state index in [1.54, 1.807) is 25.3 Å². The van der Waals surface area contributed by atoms with Gasteiger partial charge in [-0.1, -0.05) is 37.3 Å². The summed E-state index contributed by atoms with van der Waals surface area (Å²) in [6, 6.07) is 18.6. The van der Waals surface area contributed by atoms with Gasteiger partial charge in [-0.2, -0.15) is 0 Å². The molecule has 0 aliphatic rings. The fraction of sp³-hybridized carbons (Fsp3) is 0.304. The number of rotatable bonds is 10. The van der Waals surface area contributed by atoms with E-state index in [2.05, 4.69) is 11.6 Å². The number of ether oxygens (including phenoxy) is 2. The second-order valence-electron chi connectivity index (χ2n) is 6.83. The summed E-state index contributed by atoms with van der Waals surface area (Å²) in [4.78, 5) is 0.266. The molecule has 0 aromatic heterocycles. The van der Waals surface area contributed by atoms with Gasteiger partial charge >= 0.3 is 0 Å². The molecule has 0 amide bonds. The van der Waals surface area contributed by atoms with Crippen molar-refractivity contribution in [3.05, 3.63) is 66.2 Å². The lowest BCUT2D eigenvalue weighted by atomic mass is 10.1. The number of nitrogens with one attached hydrogen (secondary N) is 1. The molecule has 29 heavy (non-hydrogen) atoms. The maximum atomic E-state index is 12.7. The summed E-state index contributed by atoms with van der Waals surface area (Å²) in [5.74, 6) is 1.62. The molecule has 3 rings (SSSR count). The van der Waals surface area contributed by atoms with E-state index in [1.165, 1.54) is 0 Å². The van der Waals surface area contributed by atoms with Crippen LogP contribution >= 0.6 is 0 Å². The van der Waals surface area contributed by atoms with Crippen LogP contribution in [0, 0.1) is 0 Å². The average Bonchev–Trinajstić information content (AvgIpc) is 2.75. The second-order valence-corrected chi connectivity index (χ2v) is 8.60. The topological polar surface area (TPSA) is 64.6 Å². The molecule has 0 bridgehead atoms. The Kier molecular flexibility index (Phi) is 7.12. The van der Waals surface area contributed by atoms with Crippen LogP contribution in [0.3, 0.4) is 0 Å². The Morgan fingerprint density at radius 3 is 2.52 bits per heavy atom. The first-order valence-electron chi connectivity index (χ1n) is 9.81. The van der Waals surface area contributed by atoms with Gasteiger partial charge in [0.1, 0.15) is 11.5 Å². The smallest absolute Gasteiger partial charge is 0.240 e. The Hall–Kier alpha value is -2.57. The Balaban J connectivity index is 1.61. The molecule has 0 spiro atoms. The lowest BCUT2D eigenvalue weighted by Crippen LogP contribution is -2.25. The van der Waals surface area contributed by atoms with Crippen molar-refractivity contribution in [3.63, 3.8) is 0 Å². The second kappa shape index (κ2) is 9.76. The summed E-state index contributed by atoms with van der Waals surface area (Å²) in [6.07, 6.45) is 2.39. The average molecular weight is 414 g/mol. The van der Waals surface area contributed by atoms with E-state index >= 15 is 0 Å². The molecule has 0 fully saturated rings. The maximum Gasteiger partial charge on any atom is 0.240 e. The van der Waals surface area contributed by atoms with Gasteiger partial charge in [0.15, 0.2) is 0 Å². The molecule has 1 N–H and O–H groups in total. The van der Waals surface area contributed by atoms with Crippen molar-refractivity contribution in [1.82, 2.24) is 4.72 Å². The SMILES string of the molecule is CCCOc1ccccc1CCCNS(=O)(=O)c1ccc2cc(OC)ccc2c1. The fourth-order valence-electron chi connectivity index (χ4n) is 3.13. The number of fused-ring (bicyclic) bond motifs is 1. The summed E-state index contributed by atoms with van der Waals surface area (Å²) in [5, 5.41) is 1.79. The fourth-order valence-corrected chi connectivity index (χ4v) is 4.24. The van der Waals surface area contributed by atoms with Crippen molar-refractivity contribution in [1.29, 1.82) is 0 Å². The van der Waals surface area contributed by atoms with Gasteiger partial charge in [0, 0.05) is 6.54 Å². The molecule has 3 aromatic carbocycles. The van der Waals surface area contributed by atoms with E-state index in [0.29, 0.717) is 19.6 Å². The first-order chi connectivity index (χ1) is 14.0. The minimum Gasteiger partial charge on any atom is -0.497 e. The third kappa shape index (κ3) is 5.49. The molecule has 6 heteroatoms. The highest BCUT2D eigenvalue weighted by Gasteiger charge is 2.14. The summed E-state index contributed by atoms with van der Waals surface area (Å²) < 4.78 is 39.0. The van der Waals surface area contributed by atoms with Crippen LogP contribution in [0.4, 0.5) is 0 Å². The van der Waals surface area contributed by atoms with E-state index < -0.39 is 10.0 Å². The Labute approximate surface area is 172 Å². The maximum absolute atomic E-state index is 12.7. The van der Waals surface area contributed by atoms with Crippen molar-refractivity contribution in [2.45, 2.75) is 31.1 Å². The summed E-state index contributed by atoms with van der Waals surface area (Å²) in [5.41, 5.74) is 1.10. The number of para-hydroxylation sites is 1. The Bertz CT molecular complexity index is 1060. The first kappa shape index (κ1) is 21.1. The summed E-state index contributed by atoms with van der Waals surface area (Å²) in [6.45, 7) is 3.11. The molecule has 0 heterocycles. The zero-order chi connectivity index (χ0) is 20.7. The molecule has 0 atom stereocenters. The van der Waals surface area contributed by atoms with Crippen molar-refractivity contribution >= 4 is 20.8 Å². The molecule has 3 aromatic rings. The highest BCUT2D eigenvalue weighted by Crippen LogP contribution is 2.24. The van der Waals surface area contributed by atoms with Crippen LogP contribution < -0.4 is 14.2 Å². The third-order valence-electron chi connectivity index (χ3n) is 4.68. The lowest BCUT2D eigenvalue weighted by molar-refractivity contribution is 0.314. The number of methoxy groups -OCH3 is 1. The molecule has 0 unspecified atom stereocenters. The molecular weight excluding hydrogens is 386 g/mol. The van der Waals surface area contributed by atoms with Crippen LogP contribution in [0.1, 0.15) is 25.3 Å². The normalized spacial score (nSPS) is 11.5. The predicted molar refractivity (Wildman–Crippen MR) is 116 cm³/mol. The van der Waals surface area contributed by atoms with E-state index in [9.17, 15) is 8.42 Å². The number of hydrogen-bond donors (Lipinski definition) is 1. The van der Waals surface area contributed by atoms with Gasteiger partial charge in [-0.3, -0.25) is 0 Å². The van der Waals surface area contributed by atoms with Crippen LogP contribution in [-0.2, 0) is 16.4 Å². The van der Waals surface area contributed by atoms with Crippen molar-refractivity contribution < 1.29 is 17.9 Å².